The minimum absolute atomic E-state index is 0.130. The molecule has 4 rings (SSSR count). The molecule has 0 fully saturated rings. The van der Waals surface area contributed by atoms with E-state index in [1.165, 1.54) is 22.2 Å². The Morgan fingerprint density at radius 2 is 1.90 bits per heavy atom. The minimum atomic E-state index is -0.800. The average Bonchev–Trinajstić information content (AvgIpc) is 3.17. The van der Waals surface area contributed by atoms with Crippen LogP contribution in [0.1, 0.15) is 5.56 Å². The van der Waals surface area contributed by atoms with Crippen molar-refractivity contribution in [1.29, 1.82) is 0 Å². The number of fused-ring (bicyclic) bond motifs is 1. The predicted molar refractivity (Wildman–Crippen MR) is 116 cm³/mol. The Labute approximate surface area is 176 Å². The SMILES string of the molecule is O=c1c2sc(-c3ccc(Cl)cc3)cc2ncn1C[C@H](O)COCc1ccccc1. The van der Waals surface area contributed by atoms with E-state index in [4.69, 9.17) is 16.3 Å². The summed E-state index contributed by atoms with van der Waals surface area (Å²) in [6.07, 6.45) is 0.676. The van der Waals surface area contributed by atoms with E-state index in [-0.39, 0.29) is 18.7 Å². The molecule has 1 N–H and O–H groups in total. The molecule has 0 unspecified atom stereocenters. The maximum Gasteiger partial charge on any atom is 0.271 e. The van der Waals surface area contributed by atoms with Crippen LogP contribution in [0.25, 0.3) is 20.7 Å². The van der Waals surface area contributed by atoms with Crippen LogP contribution >= 0.6 is 22.9 Å². The van der Waals surface area contributed by atoms with Crippen molar-refractivity contribution in [2.24, 2.45) is 0 Å². The van der Waals surface area contributed by atoms with Crippen LogP contribution in [-0.2, 0) is 17.9 Å². The Hall–Kier alpha value is -2.51. The zero-order valence-electron chi connectivity index (χ0n) is 15.5. The van der Waals surface area contributed by atoms with E-state index in [1.807, 2.05) is 60.7 Å². The molecule has 0 amide bonds. The Morgan fingerprint density at radius 3 is 2.66 bits per heavy atom. The molecular weight excluding hydrogens is 408 g/mol. The second-order valence-electron chi connectivity index (χ2n) is 6.69. The summed E-state index contributed by atoms with van der Waals surface area (Å²) in [6, 6.07) is 19.1. The number of aromatic nitrogens is 2. The Kier molecular flexibility index (Phi) is 6.06. The third kappa shape index (κ3) is 4.74. The second-order valence-corrected chi connectivity index (χ2v) is 8.18. The van der Waals surface area contributed by atoms with Crippen LogP contribution < -0.4 is 5.56 Å². The molecule has 5 nitrogen and oxygen atoms in total. The average molecular weight is 427 g/mol. The first-order valence-electron chi connectivity index (χ1n) is 9.15. The molecule has 4 aromatic rings. The largest absolute Gasteiger partial charge is 0.389 e. The van der Waals surface area contributed by atoms with Crippen molar-refractivity contribution in [3.8, 4) is 10.4 Å². The lowest BCUT2D eigenvalue weighted by atomic mass is 10.2. The third-order valence-electron chi connectivity index (χ3n) is 4.46. The van der Waals surface area contributed by atoms with Crippen LogP contribution in [0.4, 0.5) is 0 Å². The normalized spacial score (nSPS) is 12.3. The summed E-state index contributed by atoms with van der Waals surface area (Å²) in [7, 11) is 0. The number of halogens is 1. The van der Waals surface area contributed by atoms with Gasteiger partial charge >= 0.3 is 0 Å². The summed E-state index contributed by atoms with van der Waals surface area (Å²) in [6.45, 7) is 0.685. The van der Waals surface area contributed by atoms with Crippen LogP contribution in [0.2, 0.25) is 5.02 Å². The van der Waals surface area contributed by atoms with Crippen molar-refractivity contribution in [3.63, 3.8) is 0 Å². The summed E-state index contributed by atoms with van der Waals surface area (Å²) in [5.41, 5.74) is 2.50. The molecule has 7 heteroatoms. The molecule has 2 aromatic heterocycles. The highest BCUT2D eigenvalue weighted by Gasteiger charge is 2.13. The topological polar surface area (TPSA) is 64.4 Å². The van der Waals surface area contributed by atoms with Gasteiger partial charge in [-0.15, -0.1) is 11.3 Å². The highest BCUT2D eigenvalue weighted by molar-refractivity contribution is 7.22. The van der Waals surface area contributed by atoms with E-state index in [1.54, 1.807) is 0 Å². The Morgan fingerprint density at radius 1 is 1.14 bits per heavy atom. The maximum atomic E-state index is 12.8. The van der Waals surface area contributed by atoms with E-state index < -0.39 is 6.10 Å². The monoisotopic (exact) mass is 426 g/mol. The summed E-state index contributed by atoms with van der Waals surface area (Å²) < 4.78 is 7.55. The zero-order chi connectivity index (χ0) is 20.2. The fourth-order valence-electron chi connectivity index (χ4n) is 3.00. The van der Waals surface area contributed by atoms with Crippen LogP contribution in [0.15, 0.2) is 71.8 Å². The second kappa shape index (κ2) is 8.88. The van der Waals surface area contributed by atoms with Gasteiger partial charge in [0.2, 0.25) is 0 Å². The first-order valence-corrected chi connectivity index (χ1v) is 10.3. The summed E-state index contributed by atoms with van der Waals surface area (Å²) in [4.78, 5) is 18.2. The molecule has 148 valence electrons. The van der Waals surface area contributed by atoms with Gasteiger partial charge in [0.1, 0.15) is 4.70 Å². The molecule has 0 saturated carbocycles. The van der Waals surface area contributed by atoms with Crippen LogP contribution in [0.3, 0.4) is 0 Å². The van der Waals surface area contributed by atoms with Crippen molar-refractivity contribution < 1.29 is 9.84 Å². The number of benzene rings is 2. The van der Waals surface area contributed by atoms with Gasteiger partial charge in [-0.2, -0.15) is 0 Å². The standard InChI is InChI=1S/C22H19ClN2O3S/c23-17-8-6-16(7-9-17)20-10-19-21(29-20)22(27)25(14-24-19)11-18(26)13-28-12-15-4-2-1-3-5-15/h1-10,14,18,26H,11-13H2/t18-/m0/s1. The number of ether oxygens (including phenoxy) is 1. The zero-order valence-corrected chi connectivity index (χ0v) is 17.1. The molecule has 2 heterocycles. The van der Waals surface area contributed by atoms with Gasteiger partial charge in [0.15, 0.2) is 0 Å². The van der Waals surface area contributed by atoms with Crippen LogP contribution in [-0.4, -0.2) is 27.4 Å². The van der Waals surface area contributed by atoms with Crippen LogP contribution in [0.5, 0.6) is 0 Å². The van der Waals surface area contributed by atoms with Gasteiger partial charge in [-0.3, -0.25) is 9.36 Å². The van der Waals surface area contributed by atoms with Crippen LogP contribution in [0, 0.1) is 0 Å². The van der Waals surface area contributed by atoms with E-state index >= 15 is 0 Å². The Balaban J connectivity index is 1.45. The van der Waals surface area contributed by atoms with Gasteiger partial charge < -0.3 is 9.84 Å². The van der Waals surface area contributed by atoms with E-state index in [0.29, 0.717) is 21.8 Å². The molecule has 0 aliphatic carbocycles. The molecule has 0 saturated heterocycles. The summed E-state index contributed by atoms with van der Waals surface area (Å²) >= 11 is 7.33. The number of hydrogen-bond acceptors (Lipinski definition) is 5. The lowest BCUT2D eigenvalue weighted by molar-refractivity contribution is 0.0198. The van der Waals surface area contributed by atoms with E-state index in [2.05, 4.69) is 4.98 Å². The number of rotatable bonds is 7. The molecular formula is C22H19ClN2O3S. The maximum absolute atomic E-state index is 12.8. The molecule has 0 aliphatic heterocycles. The van der Waals surface area contributed by atoms with Gasteiger partial charge in [0, 0.05) is 9.90 Å². The lowest BCUT2D eigenvalue weighted by Gasteiger charge is -2.13. The molecule has 0 spiro atoms. The number of hydrogen-bond donors (Lipinski definition) is 1. The van der Waals surface area contributed by atoms with Gasteiger partial charge in [-0.25, -0.2) is 4.98 Å². The third-order valence-corrected chi connectivity index (χ3v) is 5.88. The highest BCUT2D eigenvalue weighted by atomic mass is 35.5. The highest BCUT2D eigenvalue weighted by Crippen LogP contribution is 2.31. The number of thiophene rings is 1. The van der Waals surface area contributed by atoms with Gasteiger partial charge in [-0.05, 0) is 29.3 Å². The van der Waals surface area contributed by atoms with E-state index in [0.717, 1.165) is 16.0 Å². The number of nitrogens with zero attached hydrogens (tertiary/aromatic N) is 2. The Bertz CT molecular complexity index is 1160. The van der Waals surface area contributed by atoms with Crippen molar-refractivity contribution in [2.45, 2.75) is 19.3 Å². The van der Waals surface area contributed by atoms with Crippen molar-refractivity contribution in [3.05, 3.63) is 87.9 Å². The predicted octanol–water partition coefficient (Wildman–Crippen LogP) is 4.36. The fraction of sp³-hybridized carbons (Fsp3) is 0.182. The van der Waals surface area contributed by atoms with Gasteiger partial charge in [0.05, 0.1) is 37.7 Å². The van der Waals surface area contributed by atoms with Gasteiger partial charge in [-0.1, -0.05) is 54.1 Å². The number of aliphatic hydroxyl groups is 1. The van der Waals surface area contributed by atoms with E-state index in [9.17, 15) is 9.90 Å². The first-order chi connectivity index (χ1) is 14.1. The number of aliphatic hydroxyl groups excluding tert-OH is 1. The quantitative estimate of drug-likeness (QED) is 0.477. The summed E-state index contributed by atoms with van der Waals surface area (Å²) in [5.74, 6) is 0. The molecule has 0 radical (unpaired) electrons. The van der Waals surface area contributed by atoms with Crippen molar-refractivity contribution in [2.75, 3.05) is 6.61 Å². The van der Waals surface area contributed by atoms with Crippen molar-refractivity contribution >= 4 is 33.2 Å². The molecule has 0 bridgehead atoms. The molecule has 29 heavy (non-hydrogen) atoms. The fourth-order valence-corrected chi connectivity index (χ4v) is 4.19. The molecule has 0 aliphatic rings. The smallest absolute Gasteiger partial charge is 0.271 e. The summed E-state index contributed by atoms with van der Waals surface area (Å²) in [5, 5.41) is 10.9. The van der Waals surface area contributed by atoms with Crippen molar-refractivity contribution in [1.82, 2.24) is 9.55 Å². The lowest BCUT2D eigenvalue weighted by Crippen LogP contribution is -2.29. The molecule has 2 aromatic carbocycles. The molecule has 1 atom stereocenters. The minimum Gasteiger partial charge on any atom is -0.389 e. The first kappa shape index (κ1) is 19.8. The van der Waals surface area contributed by atoms with Gasteiger partial charge in [0.25, 0.3) is 5.56 Å².